The molecule has 0 unspecified atom stereocenters. The number of sulfonamides is 1. The molecule has 0 radical (unpaired) electrons. The molecule has 9 nitrogen and oxygen atoms in total. The Bertz CT molecular complexity index is 1530. The number of nitrogens with zero attached hydrogens (tertiary/aromatic N) is 2. The summed E-state index contributed by atoms with van der Waals surface area (Å²) in [4.78, 5) is 28.7. The summed E-state index contributed by atoms with van der Waals surface area (Å²) < 4.78 is 39.9. The lowest BCUT2D eigenvalue weighted by Gasteiger charge is -2.33. The number of hydrogen-bond donors (Lipinski definition) is 1. The van der Waals surface area contributed by atoms with Crippen molar-refractivity contribution in [2.45, 2.75) is 57.6 Å². The minimum Gasteiger partial charge on any atom is -0.493 e. The van der Waals surface area contributed by atoms with Gasteiger partial charge in [0, 0.05) is 34.3 Å². The largest absolute Gasteiger partial charge is 0.493 e. The van der Waals surface area contributed by atoms with Crippen molar-refractivity contribution in [3.8, 4) is 11.5 Å². The molecule has 2 amide bonds. The molecule has 0 saturated heterocycles. The van der Waals surface area contributed by atoms with E-state index < -0.39 is 34.4 Å². The number of anilines is 1. The molecule has 3 aromatic carbocycles. The Morgan fingerprint density at radius 3 is 2.09 bits per heavy atom. The predicted octanol–water partition coefficient (Wildman–Crippen LogP) is 5.85. The Kier molecular flexibility index (Phi) is 11.7. The van der Waals surface area contributed by atoms with Gasteiger partial charge in [-0.05, 0) is 63.6 Å². The van der Waals surface area contributed by atoms with Gasteiger partial charge in [-0.1, -0.05) is 53.9 Å². The van der Waals surface area contributed by atoms with Gasteiger partial charge in [0.2, 0.25) is 11.8 Å². The Labute approximate surface area is 263 Å². The van der Waals surface area contributed by atoms with Crippen LogP contribution in [0.5, 0.6) is 11.5 Å². The van der Waals surface area contributed by atoms with E-state index in [1.54, 1.807) is 43.3 Å². The van der Waals surface area contributed by atoms with Crippen LogP contribution in [0.1, 0.15) is 38.3 Å². The summed E-state index contributed by atoms with van der Waals surface area (Å²) in [5.74, 6) is -0.383. The quantitative estimate of drug-likeness (QED) is 0.249. The van der Waals surface area contributed by atoms with E-state index in [1.165, 1.54) is 43.4 Å². The highest BCUT2D eigenvalue weighted by molar-refractivity contribution is 7.92. The van der Waals surface area contributed by atoms with E-state index in [9.17, 15) is 18.0 Å². The van der Waals surface area contributed by atoms with Gasteiger partial charge in [0.1, 0.15) is 12.6 Å². The van der Waals surface area contributed by atoms with E-state index in [1.807, 2.05) is 20.8 Å². The van der Waals surface area contributed by atoms with Gasteiger partial charge in [0.05, 0.1) is 24.8 Å². The number of rotatable bonds is 13. The molecule has 0 heterocycles. The monoisotopic (exact) mass is 649 g/mol. The predicted molar refractivity (Wildman–Crippen MR) is 170 cm³/mol. The zero-order chi connectivity index (χ0) is 31.9. The van der Waals surface area contributed by atoms with Gasteiger partial charge in [0.25, 0.3) is 10.0 Å². The summed E-state index contributed by atoms with van der Waals surface area (Å²) in [6.45, 7) is 6.45. The van der Waals surface area contributed by atoms with Gasteiger partial charge in [-0.15, -0.1) is 0 Å². The van der Waals surface area contributed by atoms with Crippen LogP contribution < -0.4 is 19.1 Å². The van der Waals surface area contributed by atoms with Gasteiger partial charge in [-0.2, -0.15) is 0 Å². The van der Waals surface area contributed by atoms with Crippen LogP contribution in [0.25, 0.3) is 0 Å². The first-order chi connectivity index (χ1) is 20.3. The van der Waals surface area contributed by atoms with E-state index in [-0.39, 0.29) is 28.9 Å². The van der Waals surface area contributed by atoms with Gasteiger partial charge in [0.15, 0.2) is 11.5 Å². The second kappa shape index (κ2) is 14.8. The maximum atomic E-state index is 14.2. The van der Waals surface area contributed by atoms with Gasteiger partial charge < -0.3 is 19.7 Å². The first kappa shape index (κ1) is 34.0. The fourth-order valence-electron chi connectivity index (χ4n) is 4.25. The van der Waals surface area contributed by atoms with Gasteiger partial charge in [-0.25, -0.2) is 8.42 Å². The maximum absolute atomic E-state index is 14.2. The number of aryl methyl sites for hydroxylation is 1. The molecule has 0 spiro atoms. The van der Waals surface area contributed by atoms with Crippen LogP contribution in [0, 0.1) is 6.92 Å². The van der Waals surface area contributed by atoms with E-state index >= 15 is 0 Å². The second-order valence-corrected chi connectivity index (χ2v) is 12.8. The third-order valence-corrected chi connectivity index (χ3v) is 9.60. The molecule has 0 aliphatic rings. The fraction of sp³-hybridized carbons (Fsp3) is 0.355. The van der Waals surface area contributed by atoms with E-state index in [0.717, 1.165) is 9.87 Å². The molecule has 0 aromatic heterocycles. The third kappa shape index (κ3) is 8.13. The molecule has 0 aliphatic carbocycles. The number of nitrogens with one attached hydrogen (secondary N) is 1. The Morgan fingerprint density at radius 2 is 1.53 bits per heavy atom. The summed E-state index contributed by atoms with van der Waals surface area (Å²) in [5, 5.41) is 3.51. The van der Waals surface area contributed by atoms with Crippen LogP contribution >= 0.6 is 23.2 Å². The summed E-state index contributed by atoms with van der Waals surface area (Å²) in [6, 6.07) is 14.7. The number of amides is 2. The highest BCUT2D eigenvalue weighted by Crippen LogP contribution is 2.34. The van der Waals surface area contributed by atoms with Crippen molar-refractivity contribution in [1.29, 1.82) is 0 Å². The minimum absolute atomic E-state index is 0.0102. The van der Waals surface area contributed by atoms with Crippen LogP contribution in [0.15, 0.2) is 65.6 Å². The number of hydrogen-bond acceptors (Lipinski definition) is 6. The highest BCUT2D eigenvalue weighted by Gasteiger charge is 2.33. The molecule has 2 atom stereocenters. The molecule has 0 aliphatic heterocycles. The molecule has 43 heavy (non-hydrogen) atoms. The Morgan fingerprint density at radius 1 is 0.930 bits per heavy atom. The van der Waals surface area contributed by atoms with Crippen LogP contribution in [0.4, 0.5) is 5.69 Å². The van der Waals surface area contributed by atoms with Crippen LogP contribution in [-0.2, 0) is 26.2 Å². The first-order valence-electron chi connectivity index (χ1n) is 13.7. The number of halogens is 2. The molecule has 232 valence electrons. The van der Waals surface area contributed by atoms with E-state index in [4.69, 9.17) is 32.7 Å². The van der Waals surface area contributed by atoms with Crippen molar-refractivity contribution in [1.82, 2.24) is 10.2 Å². The number of methoxy groups -OCH3 is 2. The molecule has 3 rings (SSSR count). The normalized spacial score (nSPS) is 12.7. The number of carbonyl (C=O) groups excluding carboxylic acids is 2. The van der Waals surface area contributed by atoms with Crippen molar-refractivity contribution >= 4 is 50.7 Å². The average Bonchev–Trinajstić information content (AvgIpc) is 2.98. The molecular formula is C31H37Cl2N3O6S. The van der Waals surface area contributed by atoms with Crippen LogP contribution in [0.3, 0.4) is 0 Å². The van der Waals surface area contributed by atoms with Crippen molar-refractivity contribution in [2.24, 2.45) is 0 Å². The Hall–Kier alpha value is -3.47. The van der Waals surface area contributed by atoms with E-state index in [2.05, 4.69) is 5.32 Å². The smallest absolute Gasteiger partial charge is 0.264 e. The molecule has 3 aromatic rings. The van der Waals surface area contributed by atoms with Gasteiger partial charge in [-0.3, -0.25) is 13.9 Å². The van der Waals surface area contributed by atoms with E-state index in [0.29, 0.717) is 27.8 Å². The molecule has 1 N–H and O–H groups in total. The third-order valence-electron chi connectivity index (χ3n) is 7.10. The molecular weight excluding hydrogens is 613 g/mol. The standard InChI is InChI=1S/C31H37Cl2N3O6S/c1-7-21(3)34-31(38)22(4)35(18-25-26(32)9-8-10-27(25)33)30(37)19-36(23-13-16-28(41-5)29(17-23)42-6)43(39,40)24-14-11-20(2)12-15-24/h8-17,21-22H,7,18-19H2,1-6H3,(H,34,38)/t21-,22-/m0/s1. The van der Waals surface area contributed by atoms with Crippen LogP contribution in [0.2, 0.25) is 10.0 Å². The Balaban J connectivity index is 2.12. The lowest BCUT2D eigenvalue weighted by molar-refractivity contribution is -0.139. The van der Waals surface area contributed by atoms with Crippen LogP contribution in [-0.4, -0.2) is 58.0 Å². The van der Waals surface area contributed by atoms with Crippen molar-refractivity contribution < 1.29 is 27.5 Å². The summed E-state index contributed by atoms with van der Waals surface area (Å²) in [6.07, 6.45) is 0.685. The molecule has 0 saturated carbocycles. The zero-order valence-corrected chi connectivity index (χ0v) is 27.4. The van der Waals surface area contributed by atoms with Gasteiger partial charge >= 0.3 is 0 Å². The number of benzene rings is 3. The maximum Gasteiger partial charge on any atom is 0.264 e. The van der Waals surface area contributed by atoms with Crippen molar-refractivity contribution in [3.63, 3.8) is 0 Å². The summed E-state index contributed by atoms with van der Waals surface area (Å²) in [5.41, 5.74) is 1.47. The highest BCUT2D eigenvalue weighted by atomic mass is 35.5. The molecule has 0 fully saturated rings. The number of ether oxygens (including phenoxy) is 2. The van der Waals surface area contributed by atoms with Crippen molar-refractivity contribution in [3.05, 3.63) is 81.8 Å². The number of carbonyl (C=O) groups is 2. The fourth-order valence-corrected chi connectivity index (χ4v) is 6.17. The minimum atomic E-state index is -4.27. The average molecular weight is 651 g/mol. The SMILES string of the molecule is CC[C@H](C)NC(=O)[C@H](C)N(Cc1c(Cl)cccc1Cl)C(=O)CN(c1ccc(OC)c(OC)c1)S(=O)(=O)c1ccc(C)cc1. The summed E-state index contributed by atoms with van der Waals surface area (Å²) in [7, 11) is -1.37. The lowest BCUT2D eigenvalue weighted by atomic mass is 10.1. The van der Waals surface area contributed by atoms with Crippen molar-refractivity contribution in [2.75, 3.05) is 25.1 Å². The second-order valence-electron chi connectivity index (χ2n) is 10.1. The zero-order valence-electron chi connectivity index (χ0n) is 25.1. The first-order valence-corrected chi connectivity index (χ1v) is 15.9. The molecule has 0 bridgehead atoms. The summed E-state index contributed by atoms with van der Waals surface area (Å²) >= 11 is 12.9. The topological polar surface area (TPSA) is 105 Å². The lowest BCUT2D eigenvalue weighted by Crippen LogP contribution is -2.52. The molecule has 12 heteroatoms.